The lowest BCUT2D eigenvalue weighted by molar-refractivity contribution is 0.759. The molecule has 1 N–H and O–H groups in total. The van der Waals surface area contributed by atoms with Crippen LogP contribution in [0.1, 0.15) is 17.0 Å². The molecule has 2 unspecified atom stereocenters. The van der Waals surface area contributed by atoms with Crippen LogP contribution in [0.4, 0.5) is 5.69 Å². The van der Waals surface area contributed by atoms with Crippen molar-refractivity contribution in [1.82, 2.24) is 0 Å². The van der Waals surface area contributed by atoms with E-state index in [4.69, 9.17) is 0 Å². The van der Waals surface area contributed by atoms with Crippen LogP contribution in [-0.2, 0) is 0 Å². The average molecular weight is 602 g/mol. The fourth-order valence-corrected chi connectivity index (χ4v) is 6.85. The van der Waals surface area contributed by atoms with E-state index >= 15 is 0 Å². The quantitative estimate of drug-likeness (QED) is 0.192. The topological polar surface area (TPSA) is 12.0 Å². The highest BCUT2D eigenvalue weighted by Gasteiger charge is 2.24. The number of hydrogen-bond acceptors (Lipinski definition) is 1. The fraction of sp³-hybridized carbons (Fsp3) is 0.0435. The van der Waals surface area contributed by atoms with Gasteiger partial charge in [0.1, 0.15) is 0 Å². The Bertz CT molecular complexity index is 2190. The highest BCUT2D eigenvalue weighted by Crippen LogP contribution is 2.39. The SMILES string of the molecule is C1=CC(Nc2ccc(-c3cccc4ccccc34)c(-c3ccccc3)c2)C(c2ccc(-c3ccccc3)cc2)C=C1c1ccccc1. The summed E-state index contributed by atoms with van der Waals surface area (Å²) < 4.78 is 0. The molecular formula is C46H35N. The Morgan fingerprint density at radius 3 is 1.79 bits per heavy atom. The minimum Gasteiger partial charge on any atom is -0.378 e. The first-order valence-corrected chi connectivity index (χ1v) is 16.4. The first-order chi connectivity index (χ1) is 23.3. The van der Waals surface area contributed by atoms with Crippen LogP contribution in [0.15, 0.2) is 194 Å². The van der Waals surface area contributed by atoms with Crippen molar-refractivity contribution in [2.45, 2.75) is 12.0 Å². The lowest BCUT2D eigenvalue weighted by Crippen LogP contribution is -2.26. The summed E-state index contributed by atoms with van der Waals surface area (Å²) in [6, 6.07) is 63.3. The lowest BCUT2D eigenvalue weighted by atomic mass is 9.83. The van der Waals surface area contributed by atoms with Gasteiger partial charge >= 0.3 is 0 Å². The molecule has 1 heteroatoms. The second-order valence-electron chi connectivity index (χ2n) is 12.2. The van der Waals surface area contributed by atoms with Crippen LogP contribution in [0.25, 0.3) is 49.7 Å². The molecule has 1 aliphatic rings. The molecule has 0 aliphatic heterocycles. The van der Waals surface area contributed by atoms with Crippen molar-refractivity contribution < 1.29 is 0 Å². The zero-order chi connectivity index (χ0) is 31.4. The highest BCUT2D eigenvalue weighted by molar-refractivity contribution is 6.01. The number of fused-ring (bicyclic) bond motifs is 1. The number of nitrogens with one attached hydrogen (secondary N) is 1. The number of benzene rings is 7. The Morgan fingerprint density at radius 2 is 1.04 bits per heavy atom. The molecule has 8 rings (SSSR count). The molecule has 1 nitrogen and oxygen atoms in total. The van der Waals surface area contributed by atoms with Gasteiger partial charge in [0.25, 0.3) is 0 Å². The predicted molar refractivity (Wildman–Crippen MR) is 200 cm³/mol. The van der Waals surface area contributed by atoms with Gasteiger partial charge < -0.3 is 5.32 Å². The summed E-state index contributed by atoms with van der Waals surface area (Å²) in [5.74, 6) is 0.151. The average Bonchev–Trinajstić information content (AvgIpc) is 3.16. The summed E-state index contributed by atoms with van der Waals surface area (Å²) in [5.41, 5.74) is 12.2. The van der Waals surface area contributed by atoms with E-state index in [0.29, 0.717) is 0 Å². The van der Waals surface area contributed by atoms with Gasteiger partial charge in [-0.3, -0.25) is 0 Å². The Balaban J connectivity index is 1.18. The predicted octanol–water partition coefficient (Wildman–Crippen LogP) is 12.1. The Morgan fingerprint density at radius 1 is 0.426 bits per heavy atom. The van der Waals surface area contributed by atoms with Gasteiger partial charge in [0.15, 0.2) is 0 Å². The van der Waals surface area contributed by atoms with E-state index < -0.39 is 0 Å². The van der Waals surface area contributed by atoms with E-state index in [2.05, 4.69) is 199 Å². The third-order valence-electron chi connectivity index (χ3n) is 9.26. The maximum Gasteiger partial charge on any atom is 0.0551 e. The van der Waals surface area contributed by atoms with Crippen molar-refractivity contribution in [3.05, 3.63) is 205 Å². The van der Waals surface area contributed by atoms with Crippen LogP contribution in [0.3, 0.4) is 0 Å². The van der Waals surface area contributed by atoms with Crippen LogP contribution in [0.2, 0.25) is 0 Å². The molecule has 0 radical (unpaired) electrons. The van der Waals surface area contributed by atoms with Gasteiger partial charge in [-0.05, 0) is 73.0 Å². The van der Waals surface area contributed by atoms with Gasteiger partial charge in [-0.2, -0.15) is 0 Å². The third-order valence-corrected chi connectivity index (χ3v) is 9.26. The van der Waals surface area contributed by atoms with Crippen LogP contribution in [-0.4, -0.2) is 6.04 Å². The first kappa shape index (κ1) is 28.5. The molecule has 0 amide bonds. The number of hydrogen-bond donors (Lipinski definition) is 1. The highest BCUT2D eigenvalue weighted by atomic mass is 14.9. The van der Waals surface area contributed by atoms with Gasteiger partial charge in [-0.25, -0.2) is 0 Å². The van der Waals surface area contributed by atoms with E-state index in [1.165, 1.54) is 60.9 Å². The normalized spacial score (nSPS) is 15.7. The summed E-state index contributed by atoms with van der Waals surface area (Å²) in [7, 11) is 0. The molecule has 0 heterocycles. The molecule has 7 aromatic carbocycles. The second kappa shape index (κ2) is 12.8. The maximum atomic E-state index is 3.94. The van der Waals surface area contributed by atoms with E-state index in [1.807, 2.05) is 0 Å². The van der Waals surface area contributed by atoms with Crippen molar-refractivity contribution in [2.24, 2.45) is 0 Å². The molecular weight excluding hydrogens is 567 g/mol. The monoisotopic (exact) mass is 601 g/mol. The zero-order valence-corrected chi connectivity index (χ0v) is 26.1. The third kappa shape index (κ3) is 5.92. The van der Waals surface area contributed by atoms with E-state index in [9.17, 15) is 0 Å². The van der Waals surface area contributed by atoms with Crippen molar-refractivity contribution in [2.75, 3.05) is 5.32 Å². The van der Waals surface area contributed by atoms with Gasteiger partial charge in [0.05, 0.1) is 6.04 Å². The largest absolute Gasteiger partial charge is 0.378 e. The molecule has 0 spiro atoms. The molecule has 224 valence electrons. The Hall–Kier alpha value is -5.92. The minimum absolute atomic E-state index is 0.0806. The Kier molecular flexibility index (Phi) is 7.79. The summed E-state index contributed by atoms with van der Waals surface area (Å²) in [5, 5.41) is 6.46. The summed E-state index contributed by atoms with van der Waals surface area (Å²) >= 11 is 0. The van der Waals surface area contributed by atoms with E-state index in [0.717, 1.165) is 5.69 Å². The van der Waals surface area contributed by atoms with Gasteiger partial charge in [0, 0.05) is 11.6 Å². The molecule has 7 aromatic rings. The standard InChI is InChI=1S/C46H35N/c1-4-13-33(14-5-1)35-23-25-38(26-24-35)45-31-39(34-15-6-2-7-16-34)27-30-46(45)47-40-28-29-43(44(32-40)37-17-8-3-9-18-37)42-22-12-20-36-19-10-11-21-41(36)42/h1-32,45-47H. The fourth-order valence-electron chi connectivity index (χ4n) is 6.85. The molecule has 0 saturated carbocycles. The van der Waals surface area contributed by atoms with E-state index in [-0.39, 0.29) is 12.0 Å². The lowest BCUT2D eigenvalue weighted by Gasteiger charge is -2.29. The number of rotatable bonds is 7. The van der Waals surface area contributed by atoms with Crippen LogP contribution in [0.5, 0.6) is 0 Å². The molecule has 0 bridgehead atoms. The second-order valence-corrected chi connectivity index (χ2v) is 12.2. The van der Waals surface area contributed by atoms with Gasteiger partial charge in [-0.15, -0.1) is 0 Å². The summed E-state index contributed by atoms with van der Waals surface area (Å²) in [6.45, 7) is 0. The van der Waals surface area contributed by atoms with Crippen molar-refractivity contribution >= 4 is 22.0 Å². The molecule has 1 aliphatic carbocycles. The molecule has 0 aromatic heterocycles. The van der Waals surface area contributed by atoms with Crippen LogP contribution >= 0.6 is 0 Å². The minimum atomic E-state index is 0.0806. The zero-order valence-electron chi connectivity index (χ0n) is 26.1. The van der Waals surface area contributed by atoms with Crippen molar-refractivity contribution in [3.8, 4) is 33.4 Å². The molecule has 0 saturated heterocycles. The van der Waals surface area contributed by atoms with Crippen LogP contribution < -0.4 is 5.32 Å². The smallest absolute Gasteiger partial charge is 0.0551 e. The van der Waals surface area contributed by atoms with Gasteiger partial charge in [-0.1, -0.05) is 182 Å². The molecule has 0 fully saturated rings. The van der Waals surface area contributed by atoms with Crippen molar-refractivity contribution in [3.63, 3.8) is 0 Å². The number of anilines is 1. The Labute approximate surface area is 277 Å². The summed E-state index contributed by atoms with van der Waals surface area (Å²) in [4.78, 5) is 0. The van der Waals surface area contributed by atoms with Gasteiger partial charge in [0.2, 0.25) is 0 Å². The number of allylic oxidation sites excluding steroid dienone is 2. The molecule has 2 atom stereocenters. The first-order valence-electron chi connectivity index (χ1n) is 16.4. The van der Waals surface area contributed by atoms with Crippen LogP contribution in [0, 0.1) is 0 Å². The van der Waals surface area contributed by atoms with E-state index in [1.54, 1.807) is 0 Å². The van der Waals surface area contributed by atoms with Crippen molar-refractivity contribution in [1.29, 1.82) is 0 Å². The maximum absolute atomic E-state index is 3.94. The summed E-state index contributed by atoms with van der Waals surface area (Å²) in [6.07, 6.45) is 7.02. The molecule has 47 heavy (non-hydrogen) atoms.